The minimum atomic E-state index is -3.54. The minimum Gasteiger partial charge on any atom is -0.337 e. The van der Waals surface area contributed by atoms with Gasteiger partial charge in [-0.1, -0.05) is 0 Å². The minimum absolute atomic E-state index is 0.309. The molecule has 0 unspecified atom stereocenters. The lowest BCUT2D eigenvalue weighted by Crippen LogP contribution is -2.47. The molecule has 2 aliphatic rings. The van der Waals surface area contributed by atoms with Crippen LogP contribution >= 0.6 is 11.3 Å². The molecule has 5 rings (SSSR count). The molecule has 2 aliphatic heterocycles. The van der Waals surface area contributed by atoms with Crippen molar-refractivity contribution >= 4 is 38.9 Å². The number of sulfonamides is 1. The molecule has 0 aromatic carbocycles. The largest absolute Gasteiger partial charge is 0.337 e. The van der Waals surface area contributed by atoms with Crippen LogP contribution in [-0.4, -0.2) is 61.6 Å². The predicted molar refractivity (Wildman–Crippen MR) is 107 cm³/mol. The lowest BCUT2D eigenvalue weighted by molar-refractivity contribution is 0.594. The third kappa shape index (κ3) is 2.61. The Labute approximate surface area is 166 Å². The van der Waals surface area contributed by atoms with E-state index in [4.69, 9.17) is 4.98 Å². The SMILES string of the molecule is CN1c2cnc(N3CCN(c4ncccn4)CC3)nc2-c2sccc2S1(=O)=O. The molecule has 0 N–H and O–H groups in total. The van der Waals surface area contributed by atoms with E-state index in [1.165, 1.54) is 22.7 Å². The van der Waals surface area contributed by atoms with Crippen molar-refractivity contribution in [1.29, 1.82) is 0 Å². The van der Waals surface area contributed by atoms with Crippen LogP contribution < -0.4 is 14.1 Å². The van der Waals surface area contributed by atoms with Gasteiger partial charge in [0.25, 0.3) is 10.0 Å². The average Bonchev–Trinajstić information content (AvgIpc) is 3.24. The lowest BCUT2D eigenvalue weighted by Gasteiger charge is -2.35. The summed E-state index contributed by atoms with van der Waals surface area (Å²) in [4.78, 5) is 23.0. The Kier molecular flexibility index (Phi) is 3.95. The monoisotopic (exact) mass is 415 g/mol. The molecule has 144 valence electrons. The molecule has 3 aromatic rings. The zero-order valence-electron chi connectivity index (χ0n) is 15.1. The molecule has 28 heavy (non-hydrogen) atoms. The van der Waals surface area contributed by atoms with Crippen LogP contribution in [0.5, 0.6) is 0 Å². The van der Waals surface area contributed by atoms with Gasteiger partial charge in [-0.15, -0.1) is 11.3 Å². The standard InChI is InChI=1S/C17H17N7O2S2/c1-22-12-11-20-17(21-14(12)15-13(3-10-27-15)28(22,25)26)24-8-6-23(7-9-24)16-18-4-2-5-19-16/h2-5,10-11H,6-9H2,1H3. The third-order valence-electron chi connectivity index (χ3n) is 4.98. The van der Waals surface area contributed by atoms with Crippen molar-refractivity contribution in [2.45, 2.75) is 4.90 Å². The summed E-state index contributed by atoms with van der Waals surface area (Å²) >= 11 is 1.39. The molecule has 9 nitrogen and oxygen atoms in total. The van der Waals surface area contributed by atoms with Crippen LogP contribution in [0.1, 0.15) is 0 Å². The first-order valence-corrected chi connectivity index (χ1v) is 11.1. The summed E-state index contributed by atoms with van der Waals surface area (Å²) in [6, 6.07) is 3.44. The topological polar surface area (TPSA) is 95.4 Å². The van der Waals surface area contributed by atoms with E-state index in [1.54, 1.807) is 36.1 Å². The molecule has 0 bridgehead atoms. The van der Waals surface area contributed by atoms with Crippen LogP contribution in [0.25, 0.3) is 10.6 Å². The van der Waals surface area contributed by atoms with Crippen molar-refractivity contribution in [3.8, 4) is 10.6 Å². The van der Waals surface area contributed by atoms with E-state index in [9.17, 15) is 8.42 Å². The highest BCUT2D eigenvalue weighted by Gasteiger charge is 2.35. The normalized spacial score (nSPS) is 18.0. The van der Waals surface area contributed by atoms with Crippen LogP contribution in [0.15, 0.2) is 41.0 Å². The highest BCUT2D eigenvalue weighted by Crippen LogP contribution is 2.44. The number of aromatic nitrogens is 4. The summed E-state index contributed by atoms with van der Waals surface area (Å²) in [6.07, 6.45) is 5.08. The van der Waals surface area contributed by atoms with Crippen LogP contribution in [0.3, 0.4) is 0 Å². The van der Waals surface area contributed by atoms with Crippen LogP contribution in [0.4, 0.5) is 17.6 Å². The molecule has 1 fully saturated rings. The molecule has 0 atom stereocenters. The van der Waals surface area contributed by atoms with Gasteiger partial charge in [0.1, 0.15) is 10.6 Å². The second-order valence-electron chi connectivity index (χ2n) is 6.51. The number of nitrogens with zero attached hydrogens (tertiary/aromatic N) is 7. The number of piperazine rings is 1. The molecule has 11 heteroatoms. The quantitative estimate of drug-likeness (QED) is 0.621. The molecule has 0 amide bonds. The van der Waals surface area contributed by atoms with Gasteiger partial charge in [-0.05, 0) is 17.5 Å². The van der Waals surface area contributed by atoms with Gasteiger partial charge >= 0.3 is 0 Å². The summed E-state index contributed by atoms with van der Waals surface area (Å²) in [5, 5.41) is 1.78. The molecule has 0 saturated carbocycles. The van der Waals surface area contributed by atoms with Crippen LogP contribution in [0.2, 0.25) is 0 Å². The maximum absolute atomic E-state index is 12.6. The van der Waals surface area contributed by atoms with Gasteiger partial charge in [-0.2, -0.15) is 0 Å². The maximum atomic E-state index is 12.6. The second-order valence-corrected chi connectivity index (χ2v) is 9.37. The summed E-state index contributed by atoms with van der Waals surface area (Å²) < 4.78 is 26.5. The van der Waals surface area contributed by atoms with Crippen molar-refractivity contribution in [2.24, 2.45) is 0 Å². The second kappa shape index (κ2) is 6.38. The fourth-order valence-corrected chi connectivity index (χ4v) is 6.02. The first-order chi connectivity index (χ1) is 13.6. The zero-order valence-corrected chi connectivity index (χ0v) is 16.7. The van der Waals surface area contributed by atoms with Gasteiger partial charge in [0.05, 0.1) is 16.8 Å². The Bertz CT molecular complexity index is 1130. The molecule has 5 heterocycles. The molecule has 1 saturated heterocycles. The van der Waals surface area contributed by atoms with Crippen molar-refractivity contribution in [1.82, 2.24) is 19.9 Å². The number of anilines is 3. The van der Waals surface area contributed by atoms with Crippen molar-refractivity contribution < 1.29 is 8.42 Å². The number of rotatable bonds is 2. The molecule has 3 aromatic heterocycles. The van der Waals surface area contributed by atoms with Gasteiger partial charge in [0, 0.05) is 45.6 Å². The van der Waals surface area contributed by atoms with E-state index >= 15 is 0 Å². The Hall–Kier alpha value is -2.79. The highest BCUT2D eigenvalue weighted by molar-refractivity contribution is 7.93. The Morgan fingerprint density at radius 1 is 1.00 bits per heavy atom. The van der Waals surface area contributed by atoms with Crippen molar-refractivity contribution in [3.05, 3.63) is 36.1 Å². The molecule has 0 spiro atoms. The lowest BCUT2D eigenvalue weighted by atomic mass is 10.2. The van der Waals surface area contributed by atoms with Gasteiger partial charge in [0.2, 0.25) is 11.9 Å². The fourth-order valence-electron chi connectivity index (χ4n) is 3.43. The summed E-state index contributed by atoms with van der Waals surface area (Å²) in [5.41, 5.74) is 1.18. The fraction of sp³-hybridized carbons (Fsp3) is 0.294. The van der Waals surface area contributed by atoms with Crippen LogP contribution in [-0.2, 0) is 10.0 Å². The number of hydrogen-bond donors (Lipinski definition) is 0. The van der Waals surface area contributed by atoms with E-state index in [0.29, 0.717) is 27.1 Å². The molecular weight excluding hydrogens is 398 g/mol. The smallest absolute Gasteiger partial charge is 0.265 e. The van der Waals surface area contributed by atoms with E-state index < -0.39 is 10.0 Å². The average molecular weight is 416 g/mol. The zero-order chi connectivity index (χ0) is 19.3. The third-order valence-corrected chi connectivity index (χ3v) is 7.84. The van der Waals surface area contributed by atoms with Crippen molar-refractivity contribution in [3.63, 3.8) is 0 Å². The van der Waals surface area contributed by atoms with E-state index in [0.717, 1.165) is 32.1 Å². The summed E-state index contributed by atoms with van der Waals surface area (Å²) in [7, 11) is -2.00. The van der Waals surface area contributed by atoms with E-state index in [2.05, 4.69) is 24.8 Å². The Balaban J connectivity index is 1.43. The Morgan fingerprint density at radius 3 is 2.39 bits per heavy atom. The van der Waals surface area contributed by atoms with Gasteiger partial charge in [0.15, 0.2) is 0 Å². The first-order valence-electron chi connectivity index (χ1n) is 8.76. The van der Waals surface area contributed by atoms with Crippen LogP contribution in [0, 0.1) is 0 Å². The molecule has 0 radical (unpaired) electrons. The van der Waals surface area contributed by atoms with E-state index in [1.807, 2.05) is 0 Å². The first kappa shape index (κ1) is 17.3. The molecule has 0 aliphatic carbocycles. The van der Waals surface area contributed by atoms with Gasteiger partial charge in [-0.3, -0.25) is 4.31 Å². The predicted octanol–water partition coefficient (Wildman–Crippen LogP) is 1.46. The summed E-state index contributed by atoms with van der Waals surface area (Å²) in [5.74, 6) is 1.34. The number of fused-ring (bicyclic) bond motifs is 3. The summed E-state index contributed by atoms with van der Waals surface area (Å²) in [6.45, 7) is 3.01. The van der Waals surface area contributed by atoms with E-state index in [-0.39, 0.29) is 0 Å². The maximum Gasteiger partial charge on any atom is 0.265 e. The molecular formula is C17H17N7O2S2. The number of hydrogen-bond acceptors (Lipinski definition) is 9. The van der Waals surface area contributed by atoms with Gasteiger partial charge in [-0.25, -0.2) is 28.4 Å². The van der Waals surface area contributed by atoms with Gasteiger partial charge < -0.3 is 9.80 Å². The Morgan fingerprint density at radius 2 is 1.68 bits per heavy atom. The van der Waals surface area contributed by atoms with Crippen molar-refractivity contribution in [2.75, 3.05) is 47.3 Å². The number of thiophene rings is 1. The highest BCUT2D eigenvalue weighted by atomic mass is 32.2.